The predicted octanol–water partition coefficient (Wildman–Crippen LogP) is 3.17. The first kappa shape index (κ1) is 23.0. The fraction of sp³-hybridized carbons (Fsp3) is 0.474. The van der Waals surface area contributed by atoms with E-state index in [-0.39, 0.29) is 18.5 Å². The highest BCUT2D eigenvalue weighted by Crippen LogP contribution is 2.12. The lowest BCUT2D eigenvalue weighted by atomic mass is 10.1. The molecule has 0 bridgehead atoms. The van der Waals surface area contributed by atoms with Crippen molar-refractivity contribution in [1.82, 2.24) is 4.90 Å². The second-order valence-electron chi connectivity index (χ2n) is 4.99. The number of nitrogens with zero attached hydrogens (tertiary/aromatic N) is 1. The number of benzene rings is 1. The number of ether oxygens (including phenoxy) is 2. The standard InChI is InChI=1S/C11H19NO4.C6H5Cl.C2H2/c1-3-5-9(11(14)16-4-2)12-6-7-15-8-10(12)13;7-6-4-2-1-3-5-6;1-2/h9H,3-8H2,1-2H3;1-5H;1-2H. The maximum absolute atomic E-state index is 11.7. The lowest BCUT2D eigenvalue weighted by Crippen LogP contribution is -2.51. The Morgan fingerprint density at radius 1 is 1.32 bits per heavy atom. The van der Waals surface area contributed by atoms with Crippen molar-refractivity contribution in [2.75, 3.05) is 26.4 Å². The minimum Gasteiger partial charge on any atom is -0.464 e. The summed E-state index contributed by atoms with van der Waals surface area (Å²) in [5.74, 6) is -0.433. The van der Waals surface area contributed by atoms with Crippen LogP contribution in [0.1, 0.15) is 26.7 Å². The van der Waals surface area contributed by atoms with Gasteiger partial charge in [-0.05, 0) is 25.5 Å². The summed E-state index contributed by atoms with van der Waals surface area (Å²) in [7, 11) is 0. The molecule has 1 unspecified atom stereocenters. The third-order valence-corrected chi connectivity index (χ3v) is 3.50. The number of carbonyl (C=O) groups is 2. The topological polar surface area (TPSA) is 55.8 Å². The molecule has 138 valence electrons. The number of morpholine rings is 1. The van der Waals surface area contributed by atoms with Crippen LogP contribution < -0.4 is 0 Å². The van der Waals surface area contributed by atoms with E-state index in [1.165, 1.54) is 0 Å². The second kappa shape index (κ2) is 14.3. The van der Waals surface area contributed by atoms with Crippen LogP contribution in [0.15, 0.2) is 30.3 Å². The first-order valence-electron chi connectivity index (χ1n) is 8.17. The molecule has 0 N–H and O–H groups in total. The molecule has 1 aliphatic heterocycles. The molecule has 0 spiro atoms. The van der Waals surface area contributed by atoms with Gasteiger partial charge in [-0.15, -0.1) is 12.8 Å². The van der Waals surface area contributed by atoms with Crippen molar-refractivity contribution in [3.8, 4) is 12.8 Å². The van der Waals surface area contributed by atoms with Gasteiger partial charge >= 0.3 is 5.97 Å². The molecule has 25 heavy (non-hydrogen) atoms. The van der Waals surface area contributed by atoms with Crippen molar-refractivity contribution < 1.29 is 19.1 Å². The van der Waals surface area contributed by atoms with Crippen LogP contribution in [0.4, 0.5) is 0 Å². The van der Waals surface area contributed by atoms with Gasteiger partial charge in [-0.25, -0.2) is 4.79 Å². The summed E-state index contributed by atoms with van der Waals surface area (Å²) in [6, 6.07) is 9.00. The van der Waals surface area contributed by atoms with Gasteiger partial charge in [0.25, 0.3) is 0 Å². The summed E-state index contributed by atoms with van der Waals surface area (Å²) in [6.07, 6.45) is 9.48. The molecule has 1 aromatic carbocycles. The van der Waals surface area contributed by atoms with Gasteiger partial charge in [0, 0.05) is 11.6 Å². The normalized spacial score (nSPS) is 14.3. The van der Waals surface area contributed by atoms with Crippen LogP contribution in [0.5, 0.6) is 0 Å². The molecule has 0 aromatic heterocycles. The Labute approximate surface area is 155 Å². The highest BCUT2D eigenvalue weighted by atomic mass is 35.5. The Morgan fingerprint density at radius 3 is 2.40 bits per heavy atom. The first-order valence-corrected chi connectivity index (χ1v) is 8.55. The van der Waals surface area contributed by atoms with Crippen LogP contribution in [0.2, 0.25) is 5.02 Å². The SMILES string of the molecule is C#C.CCCC(C(=O)OCC)N1CCOCC1=O.Clc1ccccc1. The van der Waals surface area contributed by atoms with Crippen molar-refractivity contribution in [1.29, 1.82) is 0 Å². The molecule has 6 heteroatoms. The van der Waals surface area contributed by atoms with E-state index in [9.17, 15) is 9.59 Å². The Bertz CT molecular complexity index is 519. The summed E-state index contributed by atoms with van der Waals surface area (Å²) in [5.41, 5.74) is 0. The van der Waals surface area contributed by atoms with Crippen LogP contribution >= 0.6 is 11.6 Å². The third-order valence-electron chi connectivity index (χ3n) is 3.25. The summed E-state index contributed by atoms with van der Waals surface area (Å²) in [6.45, 7) is 5.13. The van der Waals surface area contributed by atoms with Gasteiger partial charge in [0.15, 0.2) is 0 Å². The van der Waals surface area contributed by atoms with E-state index in [0.717, 1.165) is 11.4 Å². The zero-order valence-electron chi connectivity index (χ0n) is 14.8. The molecule has 1 amide bonds. The molecule has 1 fully saturated rings. The van der Waals surface area contributed by atoms with Crippen molar-refractivity contribution in [3.63, 3.8) is 0 Å². The van der Waals surface area contributed by atoms with E-state index < -0.39 is 6.04 Å². The molecule has 2 rings (SSSR count). The Kier molecular flexibility index (Phi) is 13.2. The number of halogens is 1. The second-order valence-corrected chi connectivity index (χ2v) is 5.43. The first-order chi connectivity index (χ1) is 12.1. The molecule has 0 radical (unpaired) electrons. The highest BCUT2D eigenvalue weighted by Gasteiger charge is 2.31. The molecule has 1 aliphatic rings. The number of amides is 1. The van der Waals surface area contributed by atoms with Gasteiger partial charge < -0.3 is 14.4 Å². The van der Waals surface area contributed by atoms with E-state index in [4.69, 9.17) is 21.1 Å². The van der Waals surface area contributed by atoms with Crippen LogP contribution in [0.25, 0.3) is 0 Å². The Hall–Kier alpha value is -2.03. The molecule has 1 heterocycles. The molecule has 1 atom stereocenters. The third kappa shape index (κ3) is 9.13. The maximum Gasteiger partial charge on any atom is 0.328 e. The van der Waals surface area contributed by atoms with E-state index in [1.54, 1.807) is 11.8 Å². The van der Waals surface area contributed by atoms with E-state index in [1.807, 2.05) is 37.3 Å². The Balaban J connectivity index is 0.000000530. The molecular weight excluding hydrogens is 342 g/mol. The minimum absolute atomic E-state index is 0.0691. The van der Waals surface area contributed by atoms with Gasteiger partial charge in [0.1, 0.15) is 12.6 Å². The minimum atomic E-state index is -0.443. The smallest absolute Gasteiger partial charge is 0.328 e. The largest absolute Gasteiger partial charge is 0.464 e. The Morgan fingerprint density at radius 2 is 1.96 bits per heavy atom. The van der Waals surface area contributed by atoms with Crippen LogP contribution in [-0.2, 0) is 19.1 Å². The molecular formula is C19H26ClNO4. The lowest BCUT2D eigenvalue weighted by molar-refractivity contribution is -0.161. The fourth-order valence-corrected chi connectivity index (χ4v) is 2.33. The average Bonchev–Trinajstić information content (AvgIpc) is 2.63. The number of carbonyl (C=O) groups excluding carboxylic acids is 2. The number of hydrogen-bond donors (Lipinski definition) is 0. The van der Waals surface area contributed by atoms with Crippen molar-refractivity contribution in [3.05, 3.63) is 35.4 Å². The van der Waals surface area contributed by atoms with E-state index >= 15 is 0 Å². The summed E-state index contributed by atoms with van der Waals surface area (Å²) < 4.78 is 10.0. The van der Waals surface area contributed by atoms with Crippen molar-refractivity contribution in [2.45, 2.75) is 32.7 Å². The number of hydrogen-bond acceptors (Lipinski definition) is 4. The average molecular weight is 368 g/mol. The molecule has 0 saturated carbocycles. The van der Waals surface area contributed by atoms with E-state index in [2.05, 4.69) is 12.8 Å². The molecule has 0 aliphatic carbocycles. The summed E-state index contributed by atoms with van der Waals surface area (Å²) in [5, 5.41) is 0.794. The highest BCUT2D eigenvalue weighted by molar-refractivity contribution is 6.30. The summed E-state index contributed by atoms with van der Waals surface area (Å²) >= 11 is 5.54. The zero-order chi connectivity index (χ0) is 19.1. The van der Waals surface area contributed by atoms with Crippen molar-refractivity contribution in [2.24, 2.45) is 0 Å². The van der Waals surface area contributed by atoms with Gasteiger partial charge in [0.05, 0.1) is 13.2 Å². The summed E-state index contributed by atoms with van der Waals surface area (Å²) in [4.78, 5) is 24.9. The molecule has 1 saturated heterocycles. The van der Waals surface area contributed by atoms with Gasteiger partial charge in [0.2, 0.25) is 5.91 Å². The molecule has 1 aromatic rings. The van der Waals surface area contributed by atoms with E-state index in [0.29, 0.717) is 26.2 Å². The van der Waals surface area contributed by atoms with Gasteiger partial charge in [-0.3, -0.25) is 4.79 Å². The van der Waals surface area contributed by atoms with Gasteiger partial charge in [-0.2, -0.15) is 0 Å². The monoisotopic (exact) mass is 367 g/mol. The molecule has 5 nitrogen and oxygen atoms in total. The number of esters is 1. The van der Waals surface area contributed by atoms with Gasteiger partial charge in [-0.1, -0.05) is 43.1 Å². The van der Waals surface area contributed by atoms with Crippen LogP contribution in [-0.4, -0.2) is 49.2 Å². The quantitative estimate of drug-likeness (QED) is 0.592. The predicted molar refractivity (Wildman–Crippen MR) is 99.2 cm³/mol. The zero-order valence-corrected chi connectivity index (χ0v) is 15.6. The van der Waals surface area contributed by atoms with Crippen LogP contribution in [0.3, 0.4) is 0 Å². The number of terminal acetylenes is 1. The van der Waals surface area contributed by atoms with Crippen molar-refractivity contribution >= 4 is 23.5 Å². The number of rotatable bonds is 5. The lowest BCUT2D eigenvalue weighted by Gasteiger charge is -2.32. The van der Waals surface area contributed by atoms with Crippen LogP contribution in [0, 0.1) is 12.8 Å². The fourth-order valence-electron chi connectivity index (χ4n) is 2.19. The maximum atomic E-state index is 11.7.